The number of hydrogen-bond donors (Lipinski definition) is 2. The molecular formula is C12H17ClFN3S. The van der Waals surface area contributed by atoms with Crippen molar-refractivity contribution in [3.8, 4) is 0 Å². The zero-order valence-corrected chi connectivity index (χ0v) is 12.0. The maximum Gasteiger partial charge on any atom is 0.170 e. The summed E-state index contributed by atoms with van der Waals surface area (Å²) in [5.41, 5.74) is 0.673. The van der Waals surface area contributed by atoms with Gasteiger partial charge in [-0.3, -0.25) is 0 Å². The van der Waals surface area contributed by atoms with E-state index in [1.165, 1.54) is 12.1 Å². The SMILES string of the molecule is CN(C)CCCNC(=S)Nc1ccc(F)c(Cl)c1. The van der Waals surface area contributed by atoms with Crippen LogP contribution in [0.15, 0.2) is 18.2 Å². The number of halogens is 2. The molecule has 1 rings (SSSR count). The van der Waals surface area contributed by atoms with Gasteiger partial charge < -0.3 is 15.5 Å². The Kier molecular flexibility index (Phi) is 6.32. The molecular weight excluding hydrogens is 273 g/mol. The van der Waals surface area contributed by atoms with Crippen molar-refractivity contribution < 1.29 is 4.39 Å². The number of rotatable bonds is 5. The molecule has 6 heteroatoms. The predicted molar refractivity (Wildman–Crippen MR) is 78.8 cm³/mol. The van der Waals surface area contributed by atoms with Crippen LogP contribution in [0.25, 0.3) is 0 Å². The van der Waals surface area contributed by atoms with E-state index in [1.807, 2.05) is 14.1 Å². The molecule has 2 N–H and O–H groups in total. The van der Waals surface area contributed by atoms with Crippen molar-refractivity contribution in [2.45, 2.75) is 6.42 Å². The lowest BCUT2D eigenvalue weighted by atomic mass is 10.3. The van der Waals surface area contributed by atoms with Crippen molar-refractivity contribution >= 4 is 34.6 Å². The van der Waals surface area contributed by atoms with Crippen molar-refractivity contribution in [3.05, 3.63) is 29.0 Å². The summed E-state index contributed by atoms with van der Waals surface area (Å²) in [5.74, 6) is -0.438. The Balaban J connectivity index is 2.33. The Morgan fingerprint density at radius 2 is 2.17 bits per heavy atom. The highest BCUT2D eigenvalue weighted by Crippen LogP contribution is 2.19. The third kappa shape index (κ3) is 5.62. The van der Waals surface area contributed by atoms with E-state index in [2.05, 4.69) is 15.5 Å². The number of hydrogen-bond acceptors (Lipinski definition) is 2. The number of nitrogens with zero attached hydrogens (tertiary/aromatic N) is 1. The third-order valence-corrected chi connectivity index (χ3v) is 2.78. The van der Waals surface area contributed by atoms with E-state index in [0.717, 1.165) is 19.5 Å². The second-order valence-corrected chi connectivity index (χ2v) is 4.98. The zero-order valence-electron chi connectivity index (χ0n) is 10.5. The lowest BCUT2D eigenvalue weighted by Gasteiger charge is -2.12. The van der Waals surface area contributed by atoms with E-state index in [4.69, 9.17) is 23.8 Å². The number of thiocarbonyl (C=S) groups is 1. The molecule has 0 spiro atoms. The van der Waals surface area contributed by atoms with Crippen LogP contribution in [0, 0.1) is 5.82 Å². The topological polar surface area (TPSA) is 27.3 Å². The molecule has 3 nitrogen and oxygen atoms in total. The van der Waals surface area contributed by atoms with Gasteiger partial charge >= 0.3 is 0 Å². The van der Waals surface area contributed by atoms with Crippen molar-refractivity contribution in [3.63, 3.8) is 0 Å². The number of benzene rings is 1. The summed E-state index contributed by atoms with van der Waals surface area (Å²) in [5, 5.41) is 6.62. The average Bonchev–Trinajstić information content (AvgIpc) is 2.29. The van der Waals surface area contributed by atoms with Gasteiger partial charge in [0, 0.05) is 12.2 Å². The highest BCUT2D eigenvalue weighted by atomic mass is 35.5. The molecule has 0 heterocycles. The highest BCUT2D eigenvalue weighted by molar-refractivity contribution is 7.80. The molecule has 0 amide bonds. The molecule has 0 aliphatic rings. The molecule has 18 heavy (non-hydrogen) atoms. The normalized spacial score (nSPS) is 10.5. The molecule has 0 aliphatic carbocycles. The first-order valence-electron chi connectivity index (χ1n) is 5.63. The van der Waals surface area contributed by atoms with Crippen molar-refractivity contribution in [1.82, 2.24) is 10.2 Å². The Morgan fingerprint density at radius 1 is 1.44 bits per heavy atom. The van der Waals surface area contributed by atoms with E-state index in [1.54, 1.807) is 6.07 Å². The lowest BCUT2D eigenvalue weighted by molar-refractivity contribution is 0.400. The first-order chi connectivity index (χ1) is 8.49. The smallest absolute Gasteiger partial charge is 0.170 e. The maximum absolute atomic E-state index is 12.9. The Hall–Kier alpha value is -0.910. The largest absolute Gasteiger partial charge is 0.362 e. The molecule has 0 aliphatic heterocycles. The van der Waals surface area contributed by atoms with Crippen LogP contribution in [0.1, 0.15) is 6.42 Å². The van der Waals surface area contributed by atoms with Crippen LogP contribution in [0.3, 0.4) is 0 Å². The summed E-state index contributed by atoms with van der Waals surface area (Å²) in [6.07, 6.45) is 0.999. The van der Waals surface area contributed by atoms with Gasteiger partial charge in [-0.2, -0.15) is 0 Å². The quantitative estimate of drug-likeness (QED) is 0.644. The van der Waals surface area contributed by atoms with Crippen molar-refractivity contribution in [2.75, 3.05) is 32.5 Å². The Labute approximate surface area is 117 Å². The van der Waals surface area contributed by atoms with E-state index < -0.39 is 5.82 Å². The first-order valence-corrected chi connectivity index (χ1v) is 6.42. The minimum atomic E-state index is -0.438. The van der Waals surface area contributed by atoms with Gasteiger partial charge in [0.2, 0.25) is 0 Å². The van der Waals surface area contributed by atoms with Crippen LogP contribution in [-0.2, 0) is 0 Å². The second-order valence-electron chi connectivity index (χ2n) is 4.17. The zero-order chi connectivity index (χ0) is 13.5. The maximum atomic E-state index is 12.9. The van der Waals surface area contributed by atoms with Gasteiger partial charge in [-0.15, -0.1) is 0 Å². The molecule has 0 saturated carbocycles. The van der Waals surface area contributed by atoms with Gasteiger partial charge in [-0.1, -0.05) is 11.6 Å². The van der Waals surface area contributed by atoms with Crippen LogP contribution in [-0.4, -0.2) is 37.2 Å². The highest BCUT2D eigenvalue weighted by Gasteiger charge is 2.02. The third-order valence-electron chi connectivity index (χ3n) is 2.25. The molecule has 0 atom stereocenters. The van der Waals surface area contributed by atoms with Gasteiger partial charge in [0.25, 0.3) is 0 Å². The Bertz CT molecular complexity index is 412. The van der Waals surface area contributed by atoms with Gasteiger partial charge in [-0.05, 0) is 57.5 Å². The standard InChI is InChI=1S/C12H17ClFN3S/c1-17(2)7-3-6-15-12(18)16-9-4-5-11(14)10(13)8-9/h4-5,8H,3,6-7H2,1-2H3,(H2,15,16,18). The number of anilines is 1. The first kappa shape index (κ1) is 15.1. The molecule has 0 unspecified atom stereocenters. The van der Waals surface area contributed by atoms with Crippen LogP contribution in [0.4, 0.5) is 10.1 Å². The molecule has 0 bridgehead atoms. The van der Waals surface area contributed by atoms with E-state index in [-0.39, 0.29) is 5.02 Å². The van der Waals surface area contributed by atoms with Gasteiger partial charge in [-0.25, -0.2) is 4.39 Å². The van der Waals surface area contributed by atoms with E-state index in [9.17, 15) is 4.39 Å². The van der Waals surface area contributed by atoms with Crippen LogP contribution >= 0.6 is 23.8 Å². The summed E-state index contributed by atoms with van der Waals surface area (Å²) in [7, 11) is 4.05. The summed E-state index contributed by atoms with van der Waals surface area (Å²) < 4.78 is 12.9. The molecule has 0 aromatic heterocycles. The van der Waals surface area contributed by atoms with Crippen molar-refractivity contribution in [2.24, 2.45) is 0 Å². The minimum Gasteiger partial charge on any atom is -0.362 e. The molecule has 1 aromatic rings. The molecule has 1 aromatic carbocycles. The van der Waals surface area contributed by atoms with E-state index in [0.29, 0.717) is 10.8 Å². The van der Waals surface area contributed by atoms with Crippen LogP contribution in [0.5, 0.6) is 0 Å². The minimum absolute atomic E-state index is 0.0791. The fourth-order valence-corrected chi connectivity index (χ4v) is 1.75. The van der Waals surface area contributed by atoms with Gasteiger partial charge in [0.05, 0.1) is 5.02 Å². The second kappa shape index (κ2) is 7.51. The van der Waals surface area contributed by atoms with Gasteiger partial charge in [0.1, 0.15) is 5.82 Å². The fraction of sp³-hybridized carbons (Fsp3) is 0.417. The predicted octanol–water partition coefficient (Wildman–Crippen LogP) is 2.72. The molecule has 100 valence electrons. The number of nitrogens with one attached hydrogen (secondary N) is 2. The van der Waals surface area contributed by atoms with Crippen LogP contribution in [0.2, 0.25) is 5.02 Å². The van der Waals surface area contributed by atoms with Crippen LogP contribution < -0.4 is 10.6 Å². The average molecular weight is 290 g/mol. The fourth-order valence-electron chi connectivity index (χ4n) is 1.35. The van der Waals surface area contributed by atoms with Crippen molar-refractivity contribution in [1.29, 1.82) is 0 Å². The summed E-state index contributed by atoms with van der Waals surface area (Å²) in [6.45, 7) is 1.79. The lowest BCUT2D eigenvalue weighted by Crippen LogP contribution is -2.30. The summed E-state index contributed by atoms with van der Waals surface area (Å²) in [4.78, 5) is 2.11. The Morgan fingerprint density at radius 3 is 2.78 bits per heavy atom. The monoisotopic (exact) mass is 289 g/mol. The molecule has 0 saturated heterocycles. The van der Waals surface area contributed by atoms with E-state index >= 15 is 0 Å². The summed E-state index contributed by atoms with van der Waals surface area (Å²) >= 11 is 10.8. The van der Waals surface area contributed by atoms with Gasteiger partial charge in [0.15, 0.2) is 5.11 Å². The molecule has 0 fully saturated rings. The summed E-state index contributed by atoms with van der Waals surface area (Å²) in [6, 6.07) is 4.40. The molecule has 0 radical (unpaired) electrons.